The van der Waals surface area contributed by atoms with Crippen LogP contribution in [0.1, 0.15) is 26.2 Å². The number of nitrogens with zero attached hydrogens (tertiary/aromatic N) is 3. The van der Waals surface area contributed by atoms with E-state index in [1.54, 1.807) is 11.0 Å². The van der Waals surface area contributed by atoms with Gasteiger partial charge in [-0.25, -0.2) is 4.98 Å². The van der Waals surface area contributed by atoms with Crippen molar-refractivity contribution in [2.75, 3.05) is 6.54 Å². The fourth-order valence-electron chi connectivity index (χ4n) is 3.10. The number of primary amides is 1. The molecule has 8 heteroatoms. The van der Waals surface area contributed by atoms with Crippen molar-refractivity contribution >= 4 is 33.4 Å². The summed E-state index contributed by atoms with van der Waals surface area (Å²) in [5, 5.41) is 2.41. The van der Waals surface area contributed by atoms with Crippen molar-refractivity contribution in [2.45, 2.75) is 38.8 Å². The molecule has 2 amide bonds. The molecule has 1 aliphatic heterocycles. The molecule has 0 saturated carbocycles. The molecule has 3 rings (SSSR count). The molecule has 24 heavy (non-hydrogen) atoms. The molecule has 128 valence electrons. The van der Waals surface area contributed by atoms with Gasteiger partial charge in [-0.3, -0.25) is 19.0 Å². The molecule has 3 heterocycles. The summed E-state index contributed by atoms with van der Waals surface area (Å²) in [5.74, 6) is -0.703. The molecule has 1 fully saturated rings. The van der Waals surface area contributed by atoms with Gasteiger partial charge in [0.05, 0.1) is 17.6 Å². The van der Waals surface area contributed by atoms with Crippen LogP contribution in [-0.4, -0.2) is 38.9 Å². The first-order valence-electron chi connectivity index (χ1n) is 7.99. The topological polar surface area (TPSA) is 98.3 Å². The standard InChI is InChI=1S/C16H20N4O3S/c1-10-2-3-11(14(17)22)8-20(10)13(21)4-6-19-9-18-15-12(16(19)23)5-7-24-15/h5,7,9-11H,2-4,6,8H2,1H3,(H2,17,22). The Hall–Kier alpha value is -2.22. The number of carbonyl (C=O) groups excluding carboxylic acids is 2. The first kappa shape index (κ1) is 16.6. The number of carbonyl (C=O) groups is 2. The highest BCUT2D eigenvalue weighted by molar-refractivity contribution is 7.16. The predicted molar refractivity (Wildman–Crippen MR) is 91.6 cm³/mol. The van der Waals surface area contributed by atoms with E-state index in [2.05, 4.69) is 4.98 Å². The number of aromatic nitrogens is 2. The lowest BCUT2D eigenvalue weighted by molar-refractivity contribution is -0.137. The van der Waals surface area contributed by atoms with Gasteiger partial charge in [-0.1, -0.05) is 0 Å². The van der Waals surface area contributed by atoms with Gasteiger partial charge in [-0.05, 0) is 31.2 Å². The molecule has 0 spiro atoms. The Bertz CT molecular complexity index is 828. The zero-order valence-corrected chi connectivity index (χ0v) is 14.3. The normalized spacial score (nSPS) is 21.1. The Kier molecular flexibility index (Phi) is 4.66. The zero-order valence-electron chi connectivity index (χ0n) is 13.5. The summed E-state index contributed by atoms with van der Waals surface area (Å²) >= 11 is 1.42. The van der Waals surface area contributed by atoms with Crippen molar-refractivity contribution < 1.29 is 9.59 Å². The van der Waals surface area contributed by atoms with Crippen molar-refractivity contribution in [3.05, 3.63) is 28.1 Å². The Morgan fingerprint density at radius 2 is 2.21 bits per heavy atom. The Morgan fingerprint density at radius 1 is 1.42 bits per heavy atom. The van der Waals surface area contributed by atoms with Gasteiger partial charge in [0.25, 0.3) is 5.56 Å². The summed E-state index contributed by atoms with van der Waals surface area (Å²) in [6, 6.07) is 1.83. The summed E-state index contributed by atoms with van der Waals surface area (Å²) in [7, 11) is 0. The third-order valence-electron chi connectivity index (χ3n) is 4.62. The van der Waals surface area contributed by atoms with Crippen LogP contribution in [0.4, 0.5) is 0 Å². The van der Waals surface area contributed by atoms with Gasteiger partial charge in [0.1, 0.15) is 4.83 Å². The number of fused-ring (bicyclic) bond motifs is 1. The summed E-state index contributed by atoms with van der Waals surface area (Å²) < 4.78 is 1.47. The third-order valence-corrected chi connectivity index (χ3v) is 5.44. The van der Waals surface area contributed by atoms with Crippen LogP contribution in [0.15, 0.2) is 22.6 Å². The van der Waals surface area contributed by atoms with E-state index in [-0.39, 0.29) is 42.3 Å². The maximum absolute atomic E-state index is 12.5. The van der Waals surface area contributed by atoms with E-state index in [9.17, 15) is 14.4 Å². The van der Waals surface area contributed by atoms with Crippen molar-refractivity contribution in [1.82, 2.24) is 14.5 Å². The number of hydrogen-bond acceptors (Lipinski definition) is 5. The molecule has 0 radical (unpaired) electrons. The van der Waals surface area contributed by atoms with E-state index >= 15 is 0 Å². The summed E-state index contributed by atoms with van der Waals surface area (Å²) in [6.07, 6.45) is 3.17. The van der Waals surface area contributed by atoms with Gasteiger partial charge in [0, 0.05) is 25.6 Å². The van der Waals surface area contributed by atoms with E-state index in [1.165, 1.54) is 22.2 Å². The highest BCUT2D eigenvalue weighted by Gasteiger charge is 2.31. The van der Waals surface area contributed by atoms with Crippen molar-refractivity contribution in [2.24, 2.45) is 11.7 Å². The predicted octanol–water partition coefficient (Wildman–Crippen LogP) is 0.960. The molecule has 2 aromatic rings. The molecule has 2 atom stereocenters. The number of aryl methyl sites for hydroxylation is 1. The maximum Gasteiger partial charge on any atom is 0.262 e. The van der Waals surface area contributed by atoms with Gasteiger partial charge >= 0.3 is 0 Å². The van der Waals surface area contributed by atoms with Gasteiger partial charge in [0.15, 0.2) is 0 Å². The molecular formula is C16H20N4O3S. The molecule has 0 aliphatic carbocycles. The lowest BCUT2D eigenvalue weighted by Gasteiger charge is -2.37. The monoisotopic (exact) mass is 348 g/mol. The first-order chi connectivity index (χ1) is 11.5. The highest BCUT2D eigenvalue weighted by Crippen LogP contribution is 2.22. The quantitative estimate of drug-likeness (QED) is 0.890. The Balaban J connectivity index is 1.68. The fraction of sp³-hybridized carbons (Fsp3) is 0.500. The first-order valence-corrected chi connectivity index (χ1v) is 8.86. The van der Waals surface area contributed by atoms with Crippen LogP contribution in [0.25, 0.3) is 10.2 Å². The highest BCUT2D eigenvalue weighted by atomic mass is 32.1. The Labute approximate surface area is 143 Å². The number of piperidine rings is 1. The van der Waals surface area contributed by atoms with Crippen LogP contribution in [0.5, 0.6) is 0 Å². The molecular weight excluding hydrogens is 328 g/mol. The van der Waals surface area contributed by atoms with Crippen LogP contribution in [0.3, 0.4) is 0 Å². The molecule has 0 bridgehead atoms. The zero-order chi connectivity index (χ0) is 17.3. The minimum Gasteiger partial charge on any atom is -0.369 e. The molecule has 7 nitrogen and oxygen atoms in total. The van der Waals surface area contributed by atoms with Crippen molar-refractivity contribution in [3.8, 4) is 0 Å². The number of nitrogens with two attached hydrogens (primary N) is 1. The van der Waals surface area contributed by atoms with Crippen LogP contribution in [0, 0.1) is 5.92 Å². The number of hydrogen-bond donors (Lipinski definition) is 1. The SMILES string of the molecule is CC1CCC(C(N)=O)CN1C(=O)CCn1cnc2sccc2c1=O. The summed E-state index contributed by atoms with van der Waals surface area (Å²) in [4.78, 5) is 42.9. The van der Waals surface area contributed by atoms with E-state index in [0.29, 0.717) is 16.8 Å². The smallest absolute Gasteiger partial charge is 0.262 e. The second kappa shape index (κ2) is 6.72. The lowest BCUT2D eigenvalue weighted by atomic mass is 9.92. The number of likely N-dealkylation sites (tertiary alicyclic amines) is 1. The molecule has 2 aromatic heterocycles. The van der Waals surface area contributed by atoms with Crippen molar-refractivity contribution in [3.63, 3.8) is 0 Å². The van der Waals surface area contributed by atoms with Crippen LogP contribution in [0.2, 0.25) is 0 Å². The maximum atomic E-state index is 12.5. The van der Waals surface area contributed by atoms with Crippen molar-refractivity contribution in [1.29, 1.82) is 0 Å². The minimum atomic E-state index is -0.358. The van der Waals surface area contributed by atoms with Crippen LogP contribution >= 0.6 is 11.3 Å². The second-order valence-electron chi connectivity index (χ2n) is 6.20. The van der Waals surface area contributed by atoms with Gasteiger partial charge in [-0.2, -0.15) is 0 Å². The fourth-order valence-corrected chi connectivity index (χ4v) is 3.82. The van der Waals surface area contributed by atoms with Crippen LogP contribution < -0.4 is 11.3 Å². The van der Waals surface area contributed by atoms with Gasteiger partial charge in [-0.15, -0.1) is 11.3 Å². The average Bonchev–Trinajstić information content (AvgIpc) is 3.03. The number of amides is 2. The number of thiophene rings is 1. The van der Waals surface area contributed by atoms with E-state index in [1.807, 2.05) is 12.3 Å². The van der Waals surface area contributed by atoms with Gasteiger partial charge in [0.2, 0.25) is 11.8 Å². The molecule has 0 aromatic carbocycles. The summed E-state index contributed by atoms with van der Waals surface area (Å²) in [6.45, 7) is 2.62. The molecule has 2 unspecified atom stereocenters. The second-order valence-corrected chi connectivity index (χ2v) is 7.10. The van der Waals surface area contributed by atoms with Gasteiger partial charge < -0.3 is 10.6 Å². The van der Waals surface area contributed by atoms with E-state index in [0.717, 1.165) is 12.8 Å². The van der Waals surface area contributed by atoms with E-state index < -0.39 is 0 Å². The van der Waals surface area contributed by atoms with E-state index in [4.69, 9.17) is 5.73 Å². The van der Waals surface area contributed by atoms with Crippen LogP contribution in [-0.2, 0) is 16.1 Å². The number of rotatable bonds is 4. The molecule has 2 N–H and O–H groups in total. The Morgan fingerprint density at radius 3 is 2.96 bits per heavy atom. The lowest BCUT2D eigenvalue weighted by Crippen LogP contribution is -2.48. The average molecular weight is 348 g/mol. The molecule has 1 aliphatic rings. The summed E-state index contributed by atoms with van der Waals surface area (Å²) in [5.41, 5.74) is 5.24. The minimum absolute atomic E-state index is 0.0641. The molecule has 1 saturated heterocycles. The third kappa shape index (κ3) is 3.19. The largest absolute Gasteiger partial charge is 0.369 e.